The maximum Gasteiger partial charge on any atom is 0.390 e. The van der Waals surface area contributed by atoms with E-state index in [0.717, 1.165) is 4.90 Å². The van der Waals surface area contributed by atoms with Crippen LogP contribution in [0.25, 0.3) is 0 Å². The van der Waals surface area contributed by atoms with Gasteiger partial charge in [0, 0.05) is 32.5 Å². The van der Waals surface area contributed by atoms with Crippen LogP contribution < -0.4 is 0 Å². The Hall–Kier alpha value is -2.16. The summed E-state index contributed by atoms with van der Waals surface area (Å²) in [6.07, 6.45) is -1.12. The predicted octanol–water partition coefficient (Wildman–Crippen LogP) is 3.69. The molecule has 1 atom stereocenters. The van der Waals surface area contributed by atoms with Crippen molar-refractivity contribution in [3.8, 4) is 0 Å². The van der Waals surface area contributed by atoms with Crippen molar-refractivity contribution in [1.29, 1.82) is 5.41 Å². The van der Waals surface area contributed by atoms with Crippen LogP contribution in [0, 0.1) is 5.41 Å². The molecule has 0 saturated carbocycles. The normalized spacial score (nSPS) is 12.9. The van der Waals surface area contributed by atoms with Crippen molar-refractivity contribution >= 4 is 34.7 Å². The molecule has 0 aliphatic carbocycles. The number of aromatic nitrogens is 1. The third-order valence-electron chi connectivity index (χ3n) is 3.25. The molecule has 0 bridgehead atoms. The van der Waals surface area contributed by atoms with Gasteiger partial charge in [0.25, 0.3) is 0 Å². The van der Waals surface area contributed by atoms with Crippen LogP contribution in [0.1, 0.15) is 13.3 Å². The molecule has 0 spiro atoms. The zero-order valence-electron chi connectivity index (χ0n) is 13.8. The van der Waals surface area contributed by atoms with Gasteiger partial charge in [-0.25, -0.2) is 4.79 Å². The van der Waals surface area contributed by atoms with E-state index in [9.17, 15) is 18.0 Å². The van der Waals surface area contributed by atoms with Gasteiger partial charge in [0.15, 0.2) is 0 Å². The fourth-order valence-electron chi connectivity index (χ4n) is 1.93. The van der Waals surface area contributed by atoms with Gasteiger partial charge >= 0.3 is 12.2 Å². The maximum absolute atomic E-state index is 12.4. The summed E-state index contributed by atoms with van der Waals surface area (Å²) in [4.78, 5) is 22.5. The Kier molecular flexibility index (Phi) is 7.82. The van der Waals surface area contributed by atoms with Crippen molar-refractivity contribution in [3.05, 3.63) is 24.5 Å². The minimum absolute atomic E-state index is 0.147. The van der Waals surface area contributed by atoms with Crippen molar-refractivity contribution < 1.29 is 18.0 Å². The van der Waals surface area contributed by atoms with Gasteiger partial charge in [-0.3, -0.25) is 15.4 Å². The fourth-order valence-corrected chi connectivity index (χ4v) is 2.10. The van der Waals surface area contributed by atoms with Gasteiger partial charge in [-0.1, -0.05) is 11.6 Å². The highest BCUT2D eigenvalue weighted by Gasteiger charge is 2.31. The van der Waals surface area contributed by atoms with E-state index >= 15 is 0 Å². The smallest absolute Gasteiger partial charge is 0.327 e. The van der Waals surface area contributed by atoms with Gasteiger partial charge in [0.05, 0.1) is 18.3 Å². The van der Waals surface area contributed by atoms with Gasteiger partial charge in [0.2, 0.25) is 0 Å². The number of pyridine rings is 1. The first-order valence-electron chi connectivity index (χ1n) is 7.42. The fraction of sp³-hybridized carbons (Fsp3) is 0.467. The Labute approximate surface area is 148 Å². The SMILES string of the molecule is CCN(C(=O)N(C)CCC(F)(F)F)C(C=Nc1cccnc1)C(=N)Cl. The first-order chi connectivity index (χ1) is 11.7. The number of urea groups is 1. The lowest BCUT2D eigenvalue weighted by Gasteiger charge is -2.31. The Morgan fingerprint density at radius 2 is 2.20 bits per heavy atom. The molecule has 0 saturated heterocycles. The standard InChI is InChI=1S/C15H19ClF3N5O/c1-3-24(14(25)23(2)8-6-15(17,18)19)12(13(16)20)10-22-11-5-4-7-21-9-11/h4-5,7,9-10,12,20H,3,6,8H2,1-2H3. The van der Waals surface area contributed by atoms with Gasteiger partial charge < -0.3 is 9.80 Å². The van der Waals surface area contributed by atoms with E-state index in [1.165, 1.54) is 24.4 Å². The second kappa shape index (κ2) is 9.36. The molecule has 1 unspecified atom stereocenters. The summed E-state index contributed by atoms with van der Waals surface area (Å²) in [7, 11) is 1.27. The Balaban J connectivity index is 2.89. The van der Waals surface area contributed by atoms with E-state index in [2.05, 4.69) is 9.98 Å². The molecule has 0 radical (unpaired) electrons. The second-order valence-corrected chi connectivity index (χ2v) is 5.54. The molecule has 2 amide bonds. The van der Waals surface area contributed by atoms with Crippen LogP contribution in [0.5, 0.6) is 0 Å². The van der Waals surface area contributed by atoms with Crippen molar-refractivity contribution in [2.45, 2.75) is 25.6 Å². The lowest BCUT2D eigenvalue weighted by atomic mass is 10.3. The largest absolute Gasteiger partial charge is 0.390 e. The molecule has 1 heterocycles. The summed E-state index contributed by atoms with van der Waals surface area (Å²) in [5.41, 5.74) is 0.499. The molecule has 1 aromatic rings. The number of alkyl halides is 3. The quantitative estimate of drug-likeness (QED) is 0.736. The minimum atomic E-state index is -4.36. The number of amides is 2. The van der Waals surface area contributed by atoms with Crippen LogP contribution in [0.4, 0.5) is 23.7 Å². The van der Waals surface area contributed by atoms with E-state index in [1.807, 2.05) is 0 Å². The van der Waals surface area contributed by atoms with Crippen LogP contribution in [-0.4, -0.2) is 64.6 Å². The predicted molar refractivity (Wildman–Crippen MR) is 90.8 cm³/mol. The lowest BCUT2D eigenvalue weighted by Crippen LogP contribution is -2.50. The molecular formula is C15H19ClF3N5O. The van der Waals surface area contributed by atoms with Crippen LogP contribution in [0.3, 0.4) is 0 Å². The van der Waals surface area contributed by atoms with Crippen molar-refractivity contribution in [2.24, 2.45) is 4.99 Å². The number of halogens is 4. The monoisotopic (exact) mass is 377 g/mol. The number of carbonyl (C=O) groups excluding carboxylic acids is 1. The van der Waals surface area contributed by atoms with Crippen molar-refractivity contribution in [2.75, 3.05) is 20.1 Å². The number of hydrogen-bond donors (Lipinski definition) is 1. The maximum atomic E-state index is 12.4. The van der Waals surface area contributed by atoms with Crippen LogP contribution in [0.2, 0.25) is 0 Å². The molecule has 0 fully saturated rings. The first-order valence-corrected chi connectivity index (χ1v) is 7.80. The first kappa shape index (κ1) is 20.9. The average Bonchev–Trinajstić information content (AvgIpc) is 2.55. The average molecular weight is 378 g/mol. The number of nitrogens with zero attached hydrogens (tertiary/aromatic N) is 4. The summed E-state index contributed by atoms with van der Waals surface area (Å²) in [6, 6.07) is 1.69. The van der Waals surface area contributed by atoms with E-state index in [4.69, 9.17) is 17.0 Å². The number of nitrogens with one attached hydrogen (secondary N) is 1. The van der Waals surface area contributed by atoms with Crippen molar-refractivity contribution in [3.63, 3.8) is 0 Å². The van der Waals surface area contributed by atoms with Gasteiger partial charge in [-0.15, -0.1) is 0 Å². The highest BCUT2D eigenvalue weighted by atomic mass is 35.5. The van der Waals surface area contributed by atoms with E-state index in [-0.39, 0.29) is 11.7 Å². The molecule has 1 aromatic heterocycles. The number of carbonyl (C=O) groups is 1. The van der Waals surface area contributed by atoms with E-state index in [0.29, 0.717) is 5.69 Å². The summed E-state index contributed by atoms with van der Waals surface area (Å²) in [5, 5.41) is 7.28. The zero-order chi connectivity index (χ0) is 19.0. The molecule has 0 aliphatic heterocycles. The Morgan fingerprint density at radius 3 is 2.68 bits per heavy atom. The van der Waals surface area contributed by atoms with Gasteiger partial charge in [-0.2, -0.15) is 13.2 Å². The Bertz CT molecular complexity index is 609. The van der Waals surface area contributed by atoms with Crippen LogP contribution >= 0.6 is 11.6 Å². The minimum Gasteiger partial charge on any atom is -0.327 e. The molecule has 6 nitrogen and oxygen atoms in total. The summed E-state index contributed by atoms with van der Waals surface area (Å²) >= 11 is 5.77. The number of rotatable bonds is 7. The van der Waals surface area contributed by atoms with E-state index < -0.39 is 31.2 Å². The van der Waals surface area contributed by atoms with Crippen LogP contribution in [0.15, 0.2) is 29.5 Å². The second-order valence-electron chi connectivity index (χ2n) is 5.14. The molecule has 138 valence electrons. The molecule has 10 heteroatoms. The van der Waals surface area contributed by atoms with Gasteiger partial charge in [-0.05, 0) is 19.1 Å². The lowest BCUT2D eigenvalue weighted by molar-refractivity contribution is -0.136. The zero-order valence-corrected chi connectivity index (χ0v) is 14.6. The Morgan fingerprint density at radius 1 is 1.52 bits per heavy atom. The van der Waals surface area contributed by atoms with Crippen molar-refractivity contribution in [1.82, 2.24) is 14.8 Å². The summed E-state index contributed by atoms with van der Waals surface area (Å²) in [6.45, 7) is 1.30. The topological polar surface area (TPSA) is 72.7 Å². The number of aliphatic imine (C=N–C) groups is 1. The molecular weight excluding hydrogens is 359 g/mol. The molecule has 1 rings (SSSR count). The van der Waals surface area contributed by atoms with Crippen LogP contribution in [-0.2, 0) is 0 Å². The molecule has 25 heavy (non-hydrogen) atoms. The van der Waals surface area contributed by atoms with E-state index in [1.54, 1.807) is 25.3 Å². The third kappa shape index (κ3) is 7.08. The molecule has 1 N–H and O–H groups in total. The highest BCUT2D eigenvalue weighted by Crippen LogP contribution is 2.20. The number of hydrogen-bond acceptors (Lipinski definition) is 4. The summed E-state index contributed by atoms with van der Waals surface area (Å²) < 4.78 is 37.0. The molecule has 0 aromatic carbocycles. The summed E-state index contributed by atoms with van der Waals surface area (Å²) in [5.74, 6) is 0. The molecule has 0 aliphatic rings. The third-order valence-corrected chi connectivity index (χ3v) is 3.47. The van der Waals surface area contributed by atoms with Gasteiger partial charge in [0.1, 0.15) is 11.2 Å². The highest BCUT2D eigenvalue weighted by molar-refractivity contribution is 6.67.